The molecule has 104 valence electrons. The minimum absolute atomic E-state index is 0.519. The quantitative estimate of drug-likeness (QED) is 0.871. The van der Waals surface area contributed by atoms with Crippen molar-refractivity contribution in [1.29, 1.82) is 0 Å². The molecule has 20 heavy (non-hydrogen) atoms. The zero-order chi connectivity index (χ0) is 14.1. The maximum atomic E-state index is 13.1. The van der Waals surface area contributed by atoms with E-state index in [9.17, 15) is 8.78 Å². The molecule has 0 aromatic heterocycles. The van der Waals surface area contributed by atoms with Gasteiger partial charge in [0.1, 0.15) is 11.6 Å². The molecular formula is C16H16F2N2. The summed E-state index contributed by atoms with van der Waals surface area (Å²) in [6.07, 6.45) is 0.628. The second-order valence-electron chi connectivity index (χ2n) is 5.22. The first-order valence-corrected chi connectivity index (χ1v) is 6.65. The normalized spacial score (nSPS) is 14.5. The molecule has 4 heteroatoms. The summed E-state index contributed by atoms with van der Waals surface area (Å²) < 4.78 is 26.3. The smallest absolute Gasteiger partial charge is 0.126 e. The van der Waals surface area contributed by atoms with Crippen LogP contribution in [0.25, 0.3) is 0 Å². The number of nitrogen functional groups attached to an aromatic ring is 1. The number of benzene rings is 2. The minimum atomic E-state index is -0.519. The van der Waals surface area contributed by atoms with Crippen LogP contribution in [0, 0.1) is 11.6 Å². The fraction of sp³-hybridized carbons (Fsp3) is 0.250. The van der Waals surface area contributed by atoms with Crippen molar-refractivity contribution < 1.29 is 8.78 Å². The minimum Gasteiger partial charge on any atom is -0.398 e. The van der Waals surface area contributed by atoms with Crippen LogP contribution in [0.1, 0.15) is 16.7 Å². The van der Waals surface area contributed by atoms with Crippen LogP contribution in [0.5, 0.6) is 0 Å². The number of hydrogen-bond acceptors (Lipinski definition) is 2. The van der Waals surface area contributed by atoms with Gasteiger partial charge in [-0.3, -0.25) is 4.90 Å². The van der Waals surface area contributed by atoms with Gasteiger partial charge >= 0.3 is 0 Å². The van der Waals surface area contributed by atoms with Gasteiger partial charge in [0.15, 0.2) is 0 Å². The van der Waals surface area contributed by atoms with E-state index in [1.807, 2.05) is 12.1 Å². The van der Waals surface area contributed by atoms with E-state index in [0.29, 0.717) is 12.0 Å². The second kappa shape index (κ2) is 5.21. The number of nitrogens with zero attached hydrogens (tertiary/aromatic N) is 1. The predicted molar refractivity (Wildman–Crippen MR) is 75.0 cm³/mol. The summed E-state index contributed by atoms with van der Waals surface area (Å²) in [5, 5.41) is 0. The topological polar surface area (TPSA) is 29.3 Å². The van der Waals surface area contributed by atoms with Gasteiger partial charge in [-0.2, -0.15) is 0 Å². The predicted octanol–water partition coefficient (Wildman–Crippen LogP) is 3.11. The van der Waals surface area contributed by atoms with Crippen molar-refractivity contribution in [2.24, 2.45) is 0 Å². The summed E-state index contributed by atoms with van der Waals surface area (Å²) in [7, 11) is 0. The van der Waals surface area contributed by atoms with E-state index < -0.39 is 11.6 Å². The molecule has 0 amide bonds. The van der Waals surface area contributed by atoms with Crippen molar-refractivity contribution in [2.45, 2.75) is 19.5 Å². The molecule has 1 heterocycles. The molecule has 0 atom stereocenters. The molecule has 0 spiro atoms. The summed E-state index contributed by atoms with van der Waals surface area (Å²) >= 11 is 0. The molecule has 0 unspecified atom stereocenters. The van der Waals surface area contributed by atoms with Gasteiger partial charge in [-0.1, -0.05) is 12.1 Å². The lowest BCUT2D eigenvalue weighted by atomic mass is 10.1. The van der Waals surface area contributed by atoms with Crippen LogP contribution in [-0.2, 0) is 19.5 Å². The Morgan fingerprint density at radius 3 is 2.50 bits per heavy atom. The molecular weight excluding hydrogens is 258 g/mol. The summed E-state index contributed by atoms with van der Waals surface area (Å²) in [4.78, 5) is 2.24. The van der Waals surface area contributed by atoms with Crippen LogP contribution >= 0.6 is 0 Å². The molecule has 0 saturated carbocycles. The Morgan fingerprint density at radius 2 is 1.80 bits per heavy atom. The van der Waals surface area contributed by atoms with Crippen molar-refractivity contribution in [3.05, 3.63) is 64.7 Å². The number of fused-ring (bicyclic) bond motifs is 1. The molecule has 0 fully saturated rings. The number of anilines is 1. The Labute approximate surface area is 116 Å². The fourth-order valence-corrected chi connectivity index (χ4v) is 2.72. The molecule has 2 aromatic rings. The maximum absolute atomic E-state index is 13.1. The largest absolute Gasteiger partial charge is 0.398 e. The highest BCUT2D eigenvalue weighted by Gasteiger charge is 2.20. The third-order valence-electron chi connectivity index (χ3n) is 3.72. The molecule has 0 bridgehead atoms. The number of rotatable bonds is 3. The van der Waals surface area contributed by atoms with Crippen molar-refractivity contribution in [3.63, 3.8) is 0 Å². The number of hydrogen-bond donors (Lipinski definition) is 1. The van der Waals surface area contributed by atoms with E-state index in [1.54, 1.807) is 0 Å². The molecule has 2 aromatic carbocycles. The van der Waals surface area contributed by atoms with Crippen molar-refractivity contribution in [1.82, 2.24) is 4.90 Å². The Balaban J connectivity index is 1.65. The third-order valence-corrected chi connectivity index (χ3v) is 3.72. The first-order valence-electron chi connectivity index (χ1n) is 6.65. The molecule has 0 radical (unpaired) electrons. The highest BCUT2D eigenvalue weighted by molar-refractivity contribution is 5.52. The third kappa shape index (κ3) is 2.65. The second-order valence-corrected chi connectivity index (χ2v) is 5.22. The Kier molecular flexibility index (Phi) is 3.40. The molecule has 1 aliphatic heterocycles. The lowest BCUT2D eigenvalue weighted by Crippen LogP contribution is -2.19. The van der Waals surface area contributed by atoms with E-state index >= 15 is 0 Å². The highest BCUT2D eigenvalue weighted by atomic mass is 19.1. The zero-order valence-corrected chi connectivity index (χ0v) is 11.1. The zero-order valence-electron chi connectivity index (χ0n) is 11.1. The first-order chi connectivity index (χ1) is 9.61. The van der Waals surface area contributed by atoms with E-state index in [0.717, 1.165) is 31.4 Å². The van der Waals surface area contributed by atoms with Gasteiger partial charge in [0.05, 0.1) is 0 Å². The van der Waals surface area contributed by atoms with Crippen LogP contribution in [0.4, 0.5) is 14.5 Å². The molecule has 3 rings (SSSR count). The Hall–Kier alpha value is -1.94. The van der Waals surface area contributed by atoms with E-state index in [2.05, 4.69) is 11.0 Å². The van der Waals surface area contributed by atoms with Gasteiger partial charge in [-0.05, 0) is 41.3 Å². The monoisotopic (exact) mass is 274 g/mol. The SMILES string of the molecule is Nc1cccc2c1CN(CCc1cc(F)cc(F)c1)C2. The number of halogens is 2. The van der Waals surface area contributed by atoms with Crippen molar-refractivity contribution in [2.75, 3.05) is 12.3 Å². The molecule has 2 N–H and O–H groups in total. The Bertz CT molecular complexity index is 620. The molecule has 0 saturated heterocycles. The van der Waals surface area contributed by atoms with Crippen molar-refractivity contribution in [3.8, 4) is 0 Å². The number of nitrogens with two attached hydrogens (primary N) is 1. The standard InChI is InChI=1S/C16H16F2N2/c17-13-6-11(7-14(18)8-13)4-5-20-9-12-2-1-3-16(19)15(12)10-20/h1-3,6-8H,4-5,9-10,19H2. The summed E-state index contributed by atoms with van der Waals surface area (Å²) in [6, 6.07) is 9.62. The van der Waals surface area contributed by atoms with Gasteiger partial charge in [0.25, 0.3) is 0 Å². The lowest BCUT2D eigenvalue weighted by molar-refractivity contribution is 0.288. The van der Waals surface area contributed by atoms with Crippen LogP contribution in [0.15, 0.2) is 36.4 Å². The Morgan fingerprint density at radius 1 is 1.05 bits per heavy atom. The highest BCUT2D eigenvalue weighted by Crippen LogP contribution is 2.27. The lowest BCUT2D eigenvalue weighted by Gasteiger charge is -2.14. The van der Waals surface area contributed by atoms with Gasteiger partial charge in [-0.15, -0.1) is 0 Å². The van der Waals surface area contributed by atoms with E-state index in [1.165, 1.54) is 23.3 Å². The van der Waals surface area contributed by atoms with Gasteiger partial charge in [0, 0.05) is 31.4 Å². The van der Waals surface area contributed by atoms with Crippen LogP contribution in [0.2, 0.25) is 0 Å². The van der Waals surface area contributed by atoms with Crippen LogP contribution < -0.4 is 5.73 Å². The van der Waals surface area contributed by atoms with Gasteiger partial charge in [-0.25, -0.2) is 8.78 Å². The summed E-state index contributed by atoms with van der Waals surface area (Å²) in [6.45, 7) is 2.41. The van der Waals surface area contributed by atoms with E-state index in [-0.39, 0.29) is 0 Å². The van der Waals surface area contributed by atoms with Gasteiger partial charge < -0.3 is 5.73 Å². The van der Waals surface area contributed by atoms with Crippen LogP contribution in [0.3, 0.4) is 0 Å². The molecule has 1 aliphatic rings. The summed E-state index contributed by atoms with van der Waals surface area (Å²) in [5.74, 6) is -1.04. The molecule has 2 nitrogen and oxygen atoms in total. The summed E-state index contributed by atoms with van der Waals surface area (Å²) in [5.41, 5.74) is 9.89. The van der Waals surface area contributed by atoms with Crippen LogP contribution in [-0.4, -0.2) is 11.4 Å². The van der Waals surface area contributed by atoms with Gasteiger partial charge in [0.2, 0.25) is 0 Å². The fourth-order valence-electron chi connectivity index (χ4n) is 2.72. The first kappa shape index (κ1) is 13.1. The maximum Gasteiger partial charge on any atom is 0.126 e. The molecule has 0 aliphatic carbocycles. The average Bonchev–Trinajstić information content (AvgIpc) is 2.80. The van der Waals surface area contributed by atoms with E-state index in [4.69, 9.17) is 5.73 Å². The van der Waals surface area contributed by atoms with Crippen molar-refractivity contribution >= 4 is 5.69 Å². The average molecular weight is 274 g/mol.